The average molecular weight is 242 g/mol. The lowest BCUT2D eigenvalue weighted by Gasteiger charge is -2.31. The average Bonchev–Trinajstić information content (AvgIpc) is 2.15. The minimum atomic E-state index is -4.16. The topological polar surface area (TPSA) is 49.5 Å². The van der Waals surface area contributed by atoms with Gasteiger partial charge in [0.2, 0.25) is 0 Å². The van der Waals surface area contributed by atoms with E-state index in [1.807, 2.05) is 6.92 Å². The van der Waals surface area contributed by atoms with E-state index < -0.39 is 18.6 Å². The van der Waals surface area contributed by atoms with Crippen LogP contribution in [0.25, 0.3) is 0 Å². The van der Waals surface area contributed by atoms with Gasteiger partial charge in [-0.1, -0.05) is 13.3 Å². The Balaban J connectivity index is 4.15. The van der Waals surface area contributed by atoms with Crippen LogP contribution in [0.1, 0.15) is 26.2 Å². The Morgan fingerprint density at radius 3 is 2.31 bits per heavy atom. The molecule has 0 amide bonds. The highest BCUT2D eigenvalue weighted by molar-refractivity contribution is 4.80. The molecule has 0 fully saturated rings. The quantitative estimate of drug-likeness (QED) is 0.708. The SMILES string of the molecule is CCCC(N)C(CO)N(C)CCC(F)(F)F. The Hall–Kier alpha value is -0.330. The van der Waals surface area contributed by atoms with Crippen LogP contribution in [-0.2, 0) is 0 Å². The second kappa shape index (κ2) is 7.09. The smallest absolute Gasteiger partial charge is 0.390 e. The fraction of sp³-hybridized carbons (Fsp3) is 1.00. The molecule has 0 aliphatic carbocycles. The lowest BCUT2D eigenvalue weighted by molar-refractivity contribution is -0.139. The first-order chi connectivity index (χ1) is 7.31. The van der Waals surface area contributed by atoms with Crippen LogP contribution in [0.2, 0.25) is 0 Å². The number of rotatable bonds is 7. The van der Waals surface area contributed by atoms with Crippen molar-refractivity contribution in [2.75, 3.05) is 20.2 Å². The number of aliphatic hydroxyl groups is 1. The number of hydrogen-bond donors (Lipinski definition) is 2. The molecule has 2 unspecified atom stereocenters. The van der Waals surface area contributed by atoms with Crippen molar-refractivity contribution in [1.29, 1.82) is 0 Å². The fourth-order valence-corrected chi connectivity index (χ4v) is 1.60. The van der Waals surface area contributed by atoms with Crippen molar-refractivity contribution in [3.63, 3.8) is 0 Å². The maximum atomic E-state index is 12.0. The molecule has 6 heteroatoms. The first kappa shape index (κ1) is 15.7. The fourth-order valence-electron chi connectivity index (χ4n) is 1.60. The molecule has 0 spiro atoms. The standard InChI is InChI=1S/C10H21F3N2O/c1-3-4-8(14)9(7-16)15(2)6-5-10(11,12)13/h8-9,16H,3-7,14H2,1-2H3. The number of nitrogens with two attached hydrogens (primary N) is 1. The Labute approximate surface area is 94.4 Å². The van der Waals surface area contributed by atoms with Crippen LogP contribution in [-0.4, -0.2) is 48.5 Å². The lowest BCUT2D eigenvalue weighted by Crippen LogP contribution is -2.49. The summed E-state index contributed by atoms with van der Waals surface area (Å²) < 4.78 is 36.0. The van der Waals surface area contributed by atoms with Crippen LogP contribution in [0.4, 0.5) is 13.2 Å². The van der Waals surface area contributed by atoms with E-state index in [9.17, 15) is 13.2 Å². The highest BCUT2D eigenvalue weighted by atomic mass is 19.4. The third-order valence-corrected chi connectivity index (χ3v) is 2.62. The van der Waals surface area contributed by atoms with Crippen molar-refractivity contribution >= 4 is 0 Å². The number of likely N-dealkylation sites (N-methyl/N-ethyl adjacent to an activating group) is 1. The van der Waals surface area contributed by atoms with Crippen molar-refractivity contribution in [3.05, 3.63) is 0 Å². The van der Waals surface area contributed by atoms with Crippen LogP contribution >= 0.6 is 0 Å². The summed E-state index contributed by atoms with van der Waals surface area (Å²) in [5.41, 5.74) is 5.80. The summed E-state index contributed by atoms with van der Waals surface area (Å²) in [6, 6.07) is -0.685. The molecule has 3 nitrogen and oxygen atoms in total. The summed E-state index contributed by atoms with van der Waals surface area (Å²) >= 11 is 0. The number of alkyl halides is 3. The van der Waals surface area contributed by atoms with E-state index in [0.29, 0.717) is 6.42 Å². The molecule has 98 valence electrons. The summed E-state index contributed by atoms with van der Waals surface area (Å²) in [5.74, 6) is 0. The number of hydrogen-bond acceptors (Lipinski definition) is 3. The molecule has 0 aliphatic rings. The Bertz CT molecular complexity index is 187. The van der Waals surface area contributed by atoms with Gasteiger partial charge in [0.1, 0.15) is 0 Å². The van der Waals surface area contributed by atoms with Crippen molar-refractivity contribution in [2.24, 2.45) is 5.73 Å². The predicted molar refractivity (Wildman–Crippen MR) is 57.1 cm³/mol. The van der Waals surface area contributed by atoms with E-state index in [0.717, 1.165) is 6.42 Å². The summed E-state index contributed by atoms with van der Waals surface area (Å²) in [6.07, 6.45) is -3.49. The van der Waals surface area contributed by atoms with Gasteiger partial charge in [0.25, 0.3) is 0 Å². The van der Waals surface area contributed by atoms with Crippen LogP contribution < -0.4 is 5.73 Å². The Kier molecular flexibility index (Phi) is 6.94. The minimum Gasteiger partial charge on any atom is -0.395 e. The molecule has 0 saturated carbocycles. The molecule has 0 heterocycles. The van der Waals surface area contributed by atoms with Crippen molar-refractivity contribution in [2.45, 2.75) is 44.4 Å². The van der Waals surface area contributed by atoms with Gasteiger partial charge >= 0.3 is 6.18 Å². The van der Waals surface area contributed by atoms with Gasteiger partial charge in [0.15, 0.2) is 0 Å². The van der Waals surface area contributed by atoms with Gasteiger partial charge in [-0.15, -0.1) is 0 Å². The van der Waals surface area contributed by atoms with E-state index in [4.69, 9.17) is 10.8 Å². The first-order valence-corrected chi connectivity index (χ1v) is 5.45. The molecule has 3 N–H and O–H groups in total. The monoisotopic (exact) mass is 242 g/mol. The molecule has 0 aromatic rings. The van der Waals surface area contributed by atoms with E-state index in [1.54, 1.807) is 7.05 Å². The lowest BCUT2D eigenvalue weighted by atomic mass is 10.0. The molecular weight excluding hydrogens is 221 g/mol. The number of halogens is 3. The molecule has 0 aromatic carbocycles. The normalized spacial score (nSPS) is 16.5. The van der Waals surface area contributed by atoms with E-state index >= 15 is 0 Å². The van der Waals surface area contributed by atoms with Crippen LogP contribution in [0.15, 0.2) is 0 Å². The first-order valence-electron chi connectivity index (χ1n) is 5.45. The van der Waals surface area contributed by atoms with Gasteiger partial charge < -0.3 is 10.8 Å². The summed E-state index contributed by atoms with van der Waals surface area (Å²) in [6.45, 7) is 1.60. The summed E-state index contributed by atoms with van der Waals surface area (Å²) in [5, 5.41) is 9.12. The maximum Gasteiger partial charge on any atom is 0.390 e. The van der Waals surface area contributed by atoms with Crippen molar-refractivity contribution < 1.29 is 18.3 Å². The summed E-state index contributed by atoms with van der Waals surface area (Å²) in [7, 11) is 1.56. The zero-order chi connectivity index (χ0) is 12.8. The molecule has 16 heavy (non-hydrogen) atoms. The second-order valence-electron chi connectivity index (χ2n) is 4.05. The van der Waals surface area contributed by atoms with Crippen LogP contribution in [0, 0.1) is 0 Å². The van der Waals surface area contributed by atoms with Gasteiger partial charge in [-0.2, -0.15) is 13.2 Å². The van der Waals surface area contributed by atoms with Crippen LogP contribution in [0.5, 0.6) is 0 Å². The zero-order valence-electron chi connectivity index (χ0n) is 9.80. The Morgan fingerprint density at radius 2 is 1.94 bits per heavy atom. The minimum absolute atomic E-state index is 0.133. The van der Waals surface area contributed by atoms with Crippen molar-refractivity contribution in [1.82, 2.24) is 4.90 Å². The van der Waals surface area contributed by atoms with Gasteiger partial charge in [-0.25, -0.2) is 0 Å². The summed E-state index contributed by atoms with van der Waals surface area (Å²) in [4.78, 5) is 1.48. The molecule has 0 rings (SSSR count). The molecule has 0 bridgehead atoms. The maximum absolute atomic E-state index is 12.0. The van der Waals surface area contributed by atoms with E-state index in [2.05, 4.69) is 0 Å². The Morgan fingerprint density at radius 1 is 1.38 bits per heavy atom. The molecule has 2 atom stereocenters. The van der Waals surface area contributed by atoms with Crippen molar-refractivity contribution in [3.8, 4) is 0 Å². The molecule has 0 saturated heterocycles. The largest absolute Gasteiger partial charge is 0.395 e. The van der Waals surface area contributed by atoms with Gasteiger partial charge in [-0.3, -0.25) is 4.90 Å². The van der Waals surface area contributed by atoms with Gasteiger partial charge in [0, 0.05) is 18.6 Å². The third kappa shape index (κ3) is 6.30. The highest BCUT2D eigenvalue weighted by Gasteiger charge is 2.29. The molecular formula is C10H21F3N2O. The predicted octanol–water partition coefficient (Wildman–Crippen LogP) is 1.36. The third-order valence-electron chi connectivity index (χ3n) is 2.62. The van der Waals surface area contributed by atoms with Gasteiger partial charge in [0.05, 0.1) is 13.0 Å². The van der Waals surface area contributed by atoms with Gasteiger partial charge in [-0.05, 0) is 13.5 Å². The highest BCUT2D eigenvalue weighted by Crippen LogP contribution is 2.20. The van der Waals surface area contributed by atoms with Crippen LogP contribution in [0.3, 0.4) is 0 Å². The van der Waals surface area contributed by atoms with E-state index in [1.165, 1.54) is 4.90 Å². The second-order valence-corrected chi connectivity index (χ2v) is 4.05. The number of aliphatic hydroxyl groups excluding tert-OH is 1. The number of nitrogens with zero attached hydrogens (tertiary/aromatic N) is 1. The van der Waals surface area contributed by atoms with E-state index in [-0.39, 0.29) is 19.2 Å². The molecule has 0 radical (unpaired) electrons. The molecule has 0 aromatic heterocycles. The molecule has 0 aliphatic heterocycles. The zero-order valence-corrected chi connectivity index (χ0v) is 9.80.